The minimum absolute atomic E-state index is 0.142. The predicted octanol–water partition coefficient (Wildman–Crippen LogP) is 1.87. The van der Waals surface area contributed by atoms with Gasteiger partial charge in [0.05, 0.1) is 12.2 Å². The van der Waals surface area contributed by atoms with Crippen LogP contribution in [0.25, 0.3) is 0 Å². The first-order valence-corrected chi connectivity index (χ1v) is 4.37. The van der Waals surface area contributed by atoms with Crippen LogP contribution < -0.4 is 0 Å². The van der Waals surface area contributed by atoms with Gasteiger partial charge in [0.15, 0.2) is 0 Å². The molecular formula is C10H9F3O3. The zero-order chi connectivity index (χ0) is 12.3. The Morgan fingerprint density at radius 1 is 1.25 bits per heavy atom. The van der Waals surface area contributed by atoms with Crippen LogP contribution in [0.1, 0.15) is 17.0 Å². The SMILES string of the molecule is O=C(O)C(CO)c1ccc(C(F)(F)F)cc1. The van der Waals surface area contributed by atoms with E-state index in [-0.39, 0.29) is 5.56 Å². The van der Waals surface area contributed by atoms with Crippen molar-refractivity contribution in [3.05, 3.63) is 35.4 Å². The van der Waals surface area contributed by atoms with Crippen LogP contribution in [-0.2, 0) is 11.0 Å². The molecule has 0 aliphatic rings. The Morgan fingerprint density at radius 3 is 2.06 bits per heavy atom. The number of carbonyl (C=O) groups is 1. The number of aliphatic carboxylic acids is 1. The molecule has 0 radical (unpaired) electrons. The Morgan fingerprint density at radius 2 is 1.75 bits per heavy atom. The van der Waals surface area contributed by atoms with Crippen molar-refractivity contribution in [2.75, 3.05) is 6.61 Å². The lowest BCUT2D eigenvalue weighted by Crippen LogP contribution is -2.15. The second-order valence-electron chi connectivity index (χ2n) is 3.19. The molecule has 0 amide bonds. The molecule has 1 rings (SSSR count). The van der Waals surface area contributed by atoms with Crippen LogP contribution in [0.4, 0.5) is 13.2 Å². The maximum atomic E-state index is 12.2. The van der Waals surface area contributed by atoms with Crippen molar-refractivity contribution >= 4 is 5.97 Å². The standard InChI is InChI=1S/C10H9F3O3/c11-10(12,13)7-3-1-6(2-4-7)8(5-14)9(15)16/h1-4,8,14H,5H2,(H,15,16). The number of aliphatic hydroxyl groups excluding tert-OH is 1. The zero-order valence-corrected chi connectivity index (χ0v) is 8.03. The molecule has 0 bridgehead atoms. The van der Waals surface area contributed by atoms with E-state index in [4.69, 9.17) is 10.2 Å². The van der Waals surface area contributed by atoms with Crippen LogP contribution in [0.15, 0.2) is 24.3 Å². The summed E-state index contributed by atoms with van der Waals surface area (Å²) in [5.41, 5.74) is -0.707. The van der Waals surface area contributed by atoms with Gasteiger partial charge in [0.2, 0.25) is 0 Å². The Kier molecular flexibility index (Phi) is 3.54. The summed E-state index contributed by atoms with van der Waals surface area (Å²) in [7, 11) is 0. The molecule has 1 aromatic rings. The Balaban J connectivity index is 2.98. The van der Waals surface area contributed by atoms with Crippen molar-refractivity contribution < 1.29 is 28.2 Å². The number of carboxylic acid groups (broad SMARTS) is 1. The molecule has 0 heterocycles. The molecule has 16 heavy (non-hydrogen) atoms. The van der Waals surface area contributed by atoms with E-state index in [1.165, 1.54) is 0 Å². The Bertz CT molecular complexity index is 370. The minimum Gasteiger partial charge on any atom is -0.481 e. The summed E-state index contributed by atoms with van der Waals surface area (Å²) in [5.74, 6) is -2.47. The number of hydrogen-bond acceptors (Lipinski definition) is 2. The molecule has 0 aliphatic carbocycles. The molecule has 0 spiro atoms. The van der Waals surface area contributed by atoms with E-state index in [9.17, 15) is 18.0 Å². The summed E-state index contributed by atoms with van der Waals surface area (Å²) in [6.45, 7) is -0.652. The van der Waals surface area contributed by atoms with Crippen molar-refractivity contribution in [1.29, 1.82) is 0 Å². The lowest BCUT2D eigenvalue weighted by atomic mass is 9.99. The Hall–Kier alpha value is -1.56. The first-order chi connectivity index (χ1) is 7.36. The number of aliphatic hydroxyl groups is 1. The highest BCUT2D eigenvalue weighted by atomic mass is 19.4. The third kappa shape index (κ3) is 2.73. The van der Waals surface area contributed by atoms with Gasteiger partial charge in [-0.1, -0.05) is 12.1 Å². The quantitative estimate of drug-likeness (QED) is 0.839. The second kappa shape index (κ2) is 4.52. The monoisotopic (exact) mass is 234 g/mol. The van der Waals surface area contributed by atoms with E-state index in [2.05, 4.69) is 0 Å². The molecule has 3 nitrogen and oxygen atoms in total. The fraction of sp³-hybridized carbons (Fsp3) is 0.300. The van der Waals surface area contributed by atoms with Crippen molar-refractivity contribution in [3.63, 3.8) is 0 Å². The van der Waals surface area contributed by atoms with Gasteiger partial charge in [0, 0.05) is 0 Å². The lowest BCUT2D eigenvalue weighted by Gasteiger charge is -2.11. The molecule has 1 unspecified atom stereocenters. The summed E-state index contributed by atoms with van der Waals surface area (Å²) in [6.07, 6.45) is -4.45. The number of benzene rings is 1. The molecule has 0 fully saturated rings. The fourth-order valence-corrected chi connectivity index (χ4v) is 1.23. The summed E-state index contributed by atoms with van der Waals surface area (Å²) >= 11 is 0. The predicted molar refractivity (Wildman–Crippen MR) is 48.9 cm³/mol. The van der Waals surface area contributed by atoms with Gasteiger partial charge in [-0.2, -0.15) is 13.2 Å². The molecular weight excluding hydrogens is 225 g/mol. The third-order valence-electron chi connectivity index (χ3n) is 2.12. The average molecular weight is 234 g/mol. The summed E-state index contributed by atoms with van der Waals surface area (Å²) in [6, 6.07) is 3.69. The van der Waals surface area contributed by atoms with Gasteiger partial charge >= 0.3 is 12.1 Å². The number of carboxylic acids is 1. The van der Waals surface area contributed by atoms with E-state index in [1.807, 2.05) is 0 Å². The number of rotatable bonds is 3. The first-order valence-electron chi connectivity index (χ1n) is 4.37. The summed E-state index contributed by atoms with van der Waals surface area (Å²) in [4.78, 5) is 10.6. The molecule has 1 aromatic carbocycles. The van der Waals surface area contributed by atoms with Gasteiger partial charge < -0.3 is 10.2 Å². The van der Waals surface area contributed by atoms with Gasteiger partial charge in [0.25, 0.3) is 0 Å². The maximum absolute atomic E-state index is 12.2. The largest absolute Gasteiger partial charge is 0.481 e. The Labute approximate surface area is 89.1 Å². The summed E-state index contributed by atoms with van der Waals surface area (Å²) in [5, 5.41) is 17.4. The van der Waals surface area contributed by atoms with Crippen molar-refractivity contribution in [2.45, 2.75) is 12.1 Å². The molecule has 0 aromatic heterocycles. The van der Waals surface area contributed by atoms with Crippen LogP contribution >= 0.6 is 0 Å². The van der Waals surface area contributed by atoms with Gasteiger partial charge in [-0.05, 0) is 17.7 Å². The van der Waals surface area contributed by atoms with Crippen LogP contribution in [0, 0.1) is 0 Å². The van der Waals surface area contributed by atoms with Gasteiger partial charge in [0.1, 0.15) is 5.92 Å². The maximum Gasteiger partial charge on any atom is 0.416 e. The van der Waals surface area contributed by atoms with Crippen LogP contribution in [0.5, 0.6) is 0 Å². The van der Waals surface area contributed by atoms with Crippen LogP contribution in [0.2, 0.25) is 0 Å². The van der Waals surface area contributed by atoms with Crippen LogP contribution in [0.3, 0.4) is 0 Å². The third-order valence-corrected chi connectivity index (χ3v) is 2.12. The second-order valence-corrected chi connectivity index (χ2v) is 3.19. The topological polar surface area (TPSA) is 57.5 Å². The van der Waals surface area contributed by atoms with Crippen molar-refractivity contribution in [1.82, 2.24) is 0 Å². The van der Waals surface area contributed by atoms with E-state index >= 15 is 0 Å². The fourth-order valence-electron chi connectivity index (χ4n) is 1.23. The average Bonchev–Trinajstić information content (AvgIpc) is 2.17. The number of hydrogen-bond donors (Lipinski definition) is 2. The van der Waals surface area contributed by atoms with E-state index in [1.54, 1.807) is 0 Å². The van der Waals surface area contributed by atoms with E-state index in [0.29, 0.717) is 0 Å². The highest BCUT2D eigenvalue weighted by molar-refractivity contribution is 5.76. The lowest BCUT2D eigenvalue weighted by molar-refractivity contribution is -0.139. The molecule has 0 saturated carbocycles. The molecule has 6 heteroatoms. The van der Waals surface area contributed by atoms with Gasteiger partial charge in [-0.3, -0.25) is 4.79 Å². The summed E-state index contributed by atoms with van der Waals surface area (Å²) < 4.78 is 36.6. The van der Waals surface area contributed by atoms with Crippen molar-refractivity contribution in [3.8, 4) is 0 Å². The van der Waals surface area contributed by atoms with Crippen LogP contribution in [-0.4, -0.2) is 22.8 Å². The van der Waals surface area contributed by atoms with Gasteiger partial charge in [-0.15, -0.1) is 0 Å². The number of alkyl halides is 3. The highest BCUT2D eigenvalue weighted by Gasteiger charge is 2.30. The molecule has 0 aliphatic heterocycles. The first kappa shape index (κ1) is 12.5. The molecule has 0 saturated heterocycles. The highest BCUT2D eigenvalue weighted by Crippen LogP contribution is 2.30. The van der Waals surface area contributed by atoms with E-state index < -0.39 is 30.2 Å². The van der Waals surface area contributed by atoms with Gasteiger partial charge in [-0.25, -0.2) is 0 Å². The number of halogens is 3. The minimum atomic E-state index is -4.45. The molecule has 2 N–H and O–H groups in total. The molecule has 88 valence electrons. The smallest absolute Gasteiger partial charge is 0.416 e. The zero-order valence-electron chi connectivity index (χ0n) is 8.03. The molecule has 1 atom stereocenters. The van der Waals surface area contributed by atoms with Crippen molar-refractivity contribution in [2.24, 2.45) is 0 Å². The normalized spacial score (nSPS) is 13.5. The van der Waals surface area contributed by atoms with E-state index in [0.717, 1.165) is 24.3 Å².